The lowest BCUT2D eigenvalue weighted by molar-refractivity contribution is 0.671. The van der Waals surface area contributed by atoms with Gasteiger partial charge in [0.05, 0.1) is 18.1 Å². The molecule has 0 amide bonds. The van der Waals surface area contributed by atoms with Gasteiger partial charge in [0.15, 0.2) is 0 Å². The van der Waals surface area contributed by atoms with E-state index in [1.165, 1.54) is 11.6 Å². The minimum Gasteiger partial charge on any atom is -0.381 e. The minimum absolute atomic E-state index is 0.299. The second-order valence-corrected chi connectivity index (χ2v) is 4.80. The Kier molecular flexibility index (Phi) is 4.24. The van der Waals surface area contributed by atoms with Gasteiger partial charge >= 0.3 is 5.69 Å². The molecule has 1 N–H and O–H groups in total. The van der Waals surface area contributed by atoms with Crippen LogP contribution in [0.25, 0.3) is 0 Å². The monoisotopic (exact) mass is 284 g/mol. The van der Waals surface area contributed by atoms with Crippen molar-refractivity contribution in [1.82, 2.24) is 9.13 Å². The summed E-state index contributed by atoms with van der Waals surface area (Å²) < 4.78 is 2.47. The fraction of sp³-hybridized carbons (Fsp3) is 0.267. The van der Waals surface area contributed by atoms with Crippen LogP contribution in [-0.4, -0.2) is 9.13 Å². The van der Waals surface area contributed by atoms with Crippen molar-refractivity contribution in [2.75, 3.05) is 5.32 Å². The van der Waals surface area contributed by atoms with Crippen molar-refractivity contribution < 1.29 is 0 Å². The lowest BCUT2D eigenvalue weighted by Crippen LogP contribution is -2.38. The van der Waals surface area contributed by atoms with Gasteiger partial charge in [0.2, 0.25) is 0 Å². The second-order valence-electron chi connectivity index (χ2n) is 4.80. The number of aromatic nitrogens is 2. The predicted octanol–water partition coefficient (Wildman–Crippen LogP) is 0.762. The molecule has 0 saturated heterocycles. The third-order valence-electron chi connectivity index (χ3n) is 3.24. The molecular formula is C15H16N4O2. The van der Waals surface area contributed by atoms with E-state index in [1.54, 1.807) is 13.2 Å². The molecule has 6 nitrogen and oxygen atoms in total. The Morgan fingerprint density at radius 2 is 1.86 bits per heavy atom. The zero-order chi connectivity index (χ0) is 15.4. The number of nitrogens with one attached hydrogen (secondary N) is 1. The van der Waals surface area contributed by atoms with Crippen LogP contribution in [0, 0.1) is 11.3 Å². The van der Waals surface area contributed by atoms with Crippen LogP contribution in [0.5, 0.6) is 0 Å². The minimum atomic E-state index is -0.343. The van der Waals surface area contributed by atoms with Gasteiger partial charge in [0, 0.05) is 32.5 Å². The van der Waals surface area contributed by atoms with Crippen molar-refractivity contribution in [2.45, 2.75) is 13.0 Å². The highest BCUT2D eigenvalue weighted by Crippen LogP contribution is 2.10. The summed E-state index contributed by atoms with van der Waals surface area (Å²) in [7, 11) is 3.08. The van der Waals surface area contributed by atoms with Crippen LogP contribution in [0.15, 0.2) is 40.1 Å². The molecular weight excluding hydrogens is 268 g/mol. The Bertz CT molecular complexity index is 794. The van der Waals surface area contributed by atoms with Gasteiger partial charge < -0.3 is 9.88 Å². The van der Waals surface area contributed by atoms with Gasteiger partial charge in [0.1, 0.15) is 0 Å². The molecule has 0 spiro atoms. The molecule has 2 aromatic rings. The van der Waals surface area contributed by atoms with E-state index in [2.05, 4.69) is 11.4 Å². The highest BCUT2D eigenvalue weighted by Gasteiger charge is 2.06. The smallest absolute Gasteiger partial charge is 0.330 e. The fourth-order valence-corrected chi connectivity index (χ4v) is 2.03. The number of hydrogen-bond acceptors (Lipinski definition) is 4. The van der Waals surface area contributed by atoms with Crippen LogP contribution < -0.4 is 16.6 Å². The SMILES string of the molecule is Cn1cc(CNc2ccc(CC#N)cc2)c(=O)n(C)c1=O. The van der Waals surface area contributed by atoms with Gasteiger partial charge in [-0.1, -0.05) is 12.1 Å². The molecule has 0 fully saturated rings. The Labute approximate surface area is 121 Å². The van der Waals surface area contributed by atoms with Crippen LogP contribution >= 0.6 is 0 Å². The van der Waals surface area contributed by atoms with Crippen LogP contribution in [0.2, 0.25) is 0 Å². The highest BCUT2D eigenvalue weighted by molar-refractivity contribution is 5.45. The van der Waals surface area contributed by atoms with Crippen molar-refractivity contribution in [2.24, 2.45) is 14.1 Å². The molecule has 1 aromatic heterocycles. The van der Waals surface area contributed by atoms with Crippen LogP contribution in [-0.2, 0) is 27.1 Å². The van der Waals surface area contributed by atoms with Crippen molar-refractivity contribution in [1.29, 1.82) is 5.26 Å². The fourth-order valence-electron chi connectivity index (χ4n) is 2.03. The highest BCUT2D eigenvalue weighted by atomic mass is 16.2. The molecule has 2 rings (SSSR count). The maximum absolute atomic E-state index is 12.0. The molecule has 0 aliphatic heterocycles. The number of benzene rings is 1. The number of nitriles is 1. The van der Waals surface area contributed by atoms with Gasteiger partial charge in [-0.25, -0.2) is 4.79 Å². The lowest BCUT2D eigenvalue weighted by Gasteiger charge is -2.09. The van der Waals surface area contributed by atoms with Crippen LogP contribution in [0.4, 0.5) is 5.69 Å². The summed E-state index contributed by atoms with van der Waals surface area (Å²) in [6.45, 7) is 0.332. The van der Waals surface area contributed by atoms with Crippen molar-refractivity contribution in [3.8, 4) is 6.07 Å². The van der Waals surface area contributed by atoms with E-state index in [9.17, 15) is 9.59 Å². The van der Waals surface area contributed by atoms with Gasteiger partial charge in [-0.3, -0.25) is 9.36 Å². The Morgan fingerprint density at radius 3 is 2.48 bits per heavy atom. The number of nitrogens with zero attached hydrogens (tertiary/aromatic N) is 3. The summed E-state index contributed by atoms with van der Waals surface area (Å²) in [5, 5.41) is 11.7. The summed E-state index contributed by atoms with van der Waals surface area (Å²) in [6.07, 6.45) is 1.92. The average Bonchev–Trinajstić information content (AvgIpc) is 2.49. The third-order valence-corrected chi connectivity index (χ3v) is 3.24. The average molecular weight is 284 g/mol. The first-order valence-corrected chi connectivity index (χ1v) is 6.48. The molecule has 21 heavy (non-hydrogen) atoms. The lowest BCUT2D eigenvalue weighted by atomic mass is 10.1. The molecule has 0 saturated carbocycles. The largest absolute Gasteiger partial charge is 0.381 e. The molecule has 108 valence electrons. The molecule has 0 bridgehead atoms. The van der Waals surface area contributed by atoms with Crippen molar-refractivity contribution in [3.63, 3.8) is 0 Å². The number of hydrogen-bond donors (Lipinski definition) is 1. The molecule has 1 heterocycles. The molecule has 0 radical (unpaired) electrons. The molecule has 0 atom stereocenters. The maximum atomic E-state index is 12.0. The molecule has 6 heteroatoms. The molecule has 0 aliphatic carbocycles. The van der Waals surface area contributed by atoms with Gasteiger partial charge in [-0.15, -0.1) is 0 Å². The first-order valence-electron chi connectivity index (χ1n) is 6.48. The summed E-state index contributed by atoms with van der Waals surface area (Å²) in [5.41, 5.74) is 1.67. The molecule has 0 aliphatic rings. The van der Waals surface area contributed by atoms with E-state index in [0.29, 0.717) is 18.5 Å². The molecule has 0 unspecified atom stereocenters. The number of anilines is 1. The van der Waals surface area contributed by atoms with Crippen LogP contribution in [0.1, 0.15) is 11.1 Å². The van der Waals surface area contributed by atoms with E-state index < -0.39 is 0 Å². The Balaban J connectivity index is 2.15. The van der Waals surface area contributed by atoms with E-state index in [4.69, 9.17) is 5.26 Å². The first kappa shape index (κ1) is 14.6. The number of rotatable bonds is 4. The summed E-state index contributed by atoms with van der Waals surface area (Å²) in [5.74, 6) is 0. The number of aryl methyl sites for hydroxylation is 1. The third kappa shape index (κ3) is 3.20. The summed E-state index contributed by atoms with van der Waals surface area (Å²) in [6, 6.07) is 9.54. The molecule has 1 aromatic carbocycles. The van der Waals surface area contributed by atoms with Crippen LogP contribution in [0.3, 0.4) is 0 Å². The summed E-state index contributed by atoms with van der Waals surface area (Å²) >= 11 is 0. The Hall–Kier alpha value is -2.81. The normalized spacial score (nSPS) is 10.1. The predicted molar refractivity (Wildman–Crippen MR) is 80.0 cm³/mol. The zero-order valence-electron chi connectivity index (χ0n) is 12.0. The topological polar surface area (TPSA) is 79.8 Å². The summed E-state index contributed by atoms with van der Waals surface area (Å²) in [4.78, 5) is 23.6. The second kappa shape index (κ2) is 6.09. The van der Waals surface area contributed by atoms with E-state index >= 15 is 0 Å². The zero-order valence-corrected chi connectivity index (χ0v) is 12.0. The van der Waals surface area contributed by atoms with Crippen molar-refractivity contribution in [3.05, 3.63) is 62.4 Å². The Morgan fingerprint density at radius 1 is 1.19 bits per heavy atom. The standard InChI is InChI=1S/C15H16N4O2/c1-18-10-12(14(20)19(2)15(18)21)9-17-13-5-3-11(4-6-13)7-8-16/h3-6,10,17H,7,9H2,1-2H3. The van der Waals surface area contributed by atoms with Crippen molar-refractivity contribution >= 4 is 5.69 Å². The maximum Gasteiger partial charge on any atom is 0.330 e. The quantitative estimate of drug-likeness (QED) is 0.899. The first-order chi connectivity index (χ1) is 10.0. The van der Waals surface area contributed by atoms with E-state index in [-0.39, 0.29) is 11.2 Å². The van der Waals surface area contributed by atoms with Gasteiger partial charge in [-0.05, 0) is 17.7 Å². The van der Waals surface area contributed by atoms with Gasteiger partial charge in [-0.2, -0.15) is 5.26 Å². The van der Waals surface area contributed by atoms with E-state index in [1.807, 2.05) is 24.3 Å². The van der Waals surface area contributed by atoms with E-state index in [0.717, 1.165) is 15.8 Å². The van der Waals surface area contributed by atoms with Gasteiger partial charge in [0.25, 0.3) is 5.56 Å².